The van der Waals surface area contributed by atoms with E-state index in [0.29, 0.717) is 42.0 Å². The first kappa shape index (κ1) is 18.3. The summed E-state index contributed by atoms with van der Waals surface area (Å²) in [5, 5.41) is 1.04. The minimum Gasteiger partial charge on any atom is -0.495 e. The summed E-state index contributed by atoms with van der Waals surface area (Å²) in [7, 11) is -2.22. The quantitative estimate of drug-likeness (QED) is 0.787. The molecule has 0 bridgehead atoms. The summed E-state index contributed by atoms with van der Waals surface area (Å²) in [5.74, 6) is 0.296. The number of nitrogens with zero attached hydrogens (tertiary/aromatic N) is 2. The fraction of sp³-hybridized carbons (Fsp3) is 0.294. The minimum atomic E-state index is -3.66. The summed E-state index contributed by atoms with van der Waals surface area (Å²) in [6.07, 6.45) is 0. The topological polar surface area (TPSA) is 49.9 Å². The Morgan fingerprint density at radius 1 is 0.920 bits per heavy atom. The van der Waals surface area contributed by atoms with Crippen LogP contribution in [0.25, 0.3) is 0 Å². The Hall–Kier alpha value is -1.47. The molecule has 0 N–H and O–H groups in total. The number of rotatable bonds is 4. The highest BCUT2D eigenvalue weighted by Gasteiger charge is 2.31. The summed E-state index contributed by atoms with van der Waals surface area (Å²) in [5.41, 5.74) is 1.03. The second kappa shape index (κ2) is 7.41. The molecule has 5 nitrogen and oxygen atoms in total. The maximum atomic E-state index is 13.0. The van der Waals surface area contributed by atoms with Gasteiger partial charge in [-0.3, -0.25) is 0 Å². The van der Waals surface area contributed by atoms with Crippen molar-refractivity contribution >= 4 is 38.9 Å². The van der Waals surface area contributed by atoms with Crippen LogP contribution in [0, 0.1) is 0 Å². The van der Waals surface area contributed by atoms with E-state index < -0.39 is 10.0 Å². The Balaban J connectivity index is 1.78. The predicted octanol–water partition coefficient (Wildman–Crippen LogP) is 3.51. The number of hydrogen-bond donors (Lipinski definition) is 0. The maximum absolute atomic E-state index is 13.0. The van der Waals surface area contributed by atoms with E-state index in [-0.39, 0.29) is 4.90 Å². The molecule has 1 heterocycles. The van der Waals surface area contributed by atoms with Gasteiger partial charge in [0.05, 0.1) is 7.11 Å². The Bertz CT molecular complexity index is 849. The van der Waals surface area contributed by atoms with Crippen LogP contribution in [0.4, 0.5) is 5.69 Å². The molecule has 2 aromatic carbocycles. The summed E-state index contributed by atoms with van der Waals surface area (Å²) in [6.45, 7) is 1.98. The fourth-order valence-corrected chi connectivity index (χ4v) is 4.80. The van der Waals surface area contributed by atoms with Crippen LogP contribution in [0.2, 0.25) is 10.0 Å². The highest BCUT2D eigenvalue weighted by atomic mass is 35.5. The third kappa shape index (κ3) is 3.87. The Morgan fingerprint density at radius 3 is 2.12 bits per heavy atom. The Kier molecular flexibility index (Phi) is 5.43. The van der Waals surface area contributed by atoms with E-state index in [2.05, 4.69) is 4.90 Å². The molecular formula is C17H18Cl2N2O3S. The maximum Gasteiger partial charge on any atom is 0.246 e. The predicted molar refractivity (Wildman–Crippen MR) is 100 cm³/mol. The van der Waals surface area contributed by atoms with Crippen molar-refractivity contribution in [3.05, 3.63) is 52.5 Å². The van der Waals surface area contributed by atoms with Gasteiger partial charge in [0.2, 0.25) is 10.0 Å². The summed E-state index contributed by atoms with van der Waals surface area (Å²) in [4.78, 5) is 2.24. The first-order valence-corrected chi connectivity index (χ1v) is 9.95. The van der Waals surface area contributed by atoms with E-state index in [0.717, 1.165) is 5.69 Å². The first-order chi connectivity index (χ1) is 11.9. The lowest BCUT2D eigenvalue weighted by molar-refractivity contribution is 0.374. The molecule has 0 saturated carbocycles. The smallest absolute Gasteiger partial charge is 0.246 e. The van der Waals surface area contributed by atoms with Gasteiger partial charge in [-0.2, -0.15) is 4.31 Å². The number of anilines is 1. The van der Waals surface area contributed by atoms with Crippen molar-refractivity contribution in [2.45, 2.75) is 4.90 Å². The molecule has 0 amide bonds. The number of halogens is 2. The van der Waals surface area contributed by atoms with Crippen molar-refractivity contribution in [3.63, 3.8) is 0 Å². The average Bonchev–Trinajstić information content (AvgIpc) is 2.62. The van der Waals surface area contributed by atoms with Crippen LogP contribution in [0.3, 0.4) is 0 Å². The van der Waals surface area contributed by atoms with E-state index in [9.17, 15) is 8.42 Å². The molecular weight excluding hydrogens is 383 g/mol. The number of sulfonamides is 1. The van der Waals surface area contributed by atoms with Crippen LogP contribution in [0.15, 0.2) is 47.4 Å². The van der Waals surface area contributed by atoms with Gasteiger partial charge in [-0.05, 0) is 42.5 Å². The van der Waals surface area contributed by atoms with E-state index >= 15 is 0 Å². The molecule has 2 aromatic rings. The zero-order valence-corrected chi connectivity index (χ0v) is 16.0. The molecule has 0 radical (unpaired) electrons. The normalized spacial score (nSPS) is 16.0. The van der Waals surface area contributed by atoms with Gasteiger partial charge < -0.3 is 9.64 Å². The van der Waals surface area contributed by atoms with Gasteiger partial charge in [0.15, 0.2) is 0 Å². The van der Waals surface area contributed by atoms with Gasteiger partial charge in [0.25, 0.3) is 0 Å². The second-order valence-corrected chi connectivity index (χ2v) is 8.44. The number of piperazine rings is 1. The molecule has 25 heavy (non-hydrogen) atoms. The van der Waals surface area contributed by atoms with Gasteiger partial charge in [-0.25, -0.2) is 8.42 Å². The van der Waals surface area contributed by atoms with E-state index in [1.165, 1.54) is 17.5 Å². The number of benzene rings is 2. The van der Waals surface area contributed by atoms with Gasteiger partial charge in [-0.1, -0.05) is 23.2 Å². The minimum absolute atomic E-state index is 0.0995. The monoisotopic (exact) mass is 400 g/mol. The first-order valence-electron chi connectivity index (χ1n) is 7.76. The van der Waals surface area contributed by atoms with Crippen LogP contribution in [-0.4, -0.2) is 46.0 Å². The van der Waals surface area contributed by atoms with Gasteiger partial charge in [0.1, 0.15) is 10.6 Å². The highest BCUT2D eigenvalue weighted by Crippen LogP contribution is 2.30. The van der Waals surface area contributed by atoms with Crippen LogP contribution in [0.1, 0.15) is 0 Å². The number of methoxy groups -OCH3 is 1. The van der Waals surface area contributed by atoms with Crippen LogP contribution < -0.4 is 9.64 Å². The van der Waals surface area contributed by atoms with Gasteiger partial charge in [0, 0.05) is 41.9 Å². The van der Waals surface area contributed by atoms with Crippen molar-refractivity contribution in [2.24, 2.45) is 0 Å². The summed E-state index contributed by atoms with van der Waals surface area (Å²) < 4.78 is 32.6. The van der Waals surface area contributed by atoms with Crippen LogP contribution in [0.5, 0.6) is 5.75 Å². The van der Waals surface area contributed by atoms with Gasteiger partial charge >= 0.3 is 0 Å². The number of ether oxygens (including phenoxy) is 1. The summed E-state index contributed by atoms with van der Waals surface area (Å²) >= 11 is 11.9. The fourth-order valence-electron chi connectivity index (χ4n) is 2.83. The molecule has 1 saturated heterocycles. The zero-order chi connectivity index (χ0) is 18.0. The molecule has 134 valence electrons. The van der Waals surface area contributed by atoms with Crippen molar-refractivity contribution in [1.82, 2.24) is 4.31 Å². The van der Waals surface area contributed by atoms with Crippen molar-refractivity contribution in [3.8, 4) is 5.75 Å². The molecule has 3 rings (SSSR count). The van der Waals surface area contributed by atoms with Crippen molar-refractivity contribution in [1.29, 1.82) is 0 Å². The van der Waals surface area contributed by atoms with E-state index in [1.54, 1.807) is 12.1 Å². The largest absolute Gasteiger partial charge is 0.495 e. The molecule has 1 aliphatic rings. The lowest BCUT2D eigenvalue weighted by Crippen LogP contribution is -2.48. The van der Waals surface area contributed by atoms with E-state index in [1.807, 2.05) is 24.3 Å². The Labute approximate surface area is 157 Å². The molecule has 1 aliphatic heterocycles. The highest BCUT2D eigenvalue weighted by molar-refractivity contribution is 7.89. The molecule has 0 atom stereocenters. The molecule has 0 unspecified atom stereocenters. The third-order valence-electron chi connectivity index (χ3n) is 4.17. The molecule has 0 aromatic heterocycles. The zero-order valence-electron chi connectivity index (χ0n) is 13.7. The molecule has 1 fully saturated rings. The lowest BCUT2D eigenvalue weighted by Gasteiger charge is -2.35. The second-order valence-electron chi connectivity index (χ2n) is 5.66. The molecule has 0 spiro atoms. The molecule has 8 heteroatoms. The van der Waals surface area contributed by atoms with Crippen LogP contribution >= 0.6 is 23.2 Å². The average molecular weight is 401 g/mol. The third-order valence-corrected chi connectivity index (χ3v) is 6.58. The Morgan fingerprint density at radius 2 is 1.52 bits per heavy atom. The van der Waals surface area contributed by atoms with E-state index in [4.69, 9.17) is 27.9 Å². The van der Waals surface area contributed by atoms with Gasteiger partial charge in [-0.15, -0.1) is 0 Å². The number of hydrogen-bond acceptors (Lipinski definition) is 4. The standard InChI is InChI=1S/C17H18Cl2N2O3S/c1-24-16-7-4-14(19)12-17(16)25(22,23)21-10-8-20(9-11-21)15-5-2-13(18)3-6-15/h2-7,12H,8-11H2,1H3. The lowest BCUT2D eigenvalue weighted by atomic mass is 10.2. The van der Waals surface area contributed by atoms with Crippen molar-refractivity contribution in [2.75, 3.05) is 38.2 Å². The SMILES string of the molecule is COc1ccc(Cl)cc1S(=O)(=O)N1CCN(c2ccc(Cl)cc2)CC1. The van der Waals surface area contributed by atoms with Crippen molar-refractivity contribution < 1.29 is 13.2 Å². The van der Waals surface area contributed by atoms with Crippen LogP contribution in [-0.2, 0) is 10.0 Å². The molecule has 0 aliphatic carbocycles. The summed E-state index contributed by atoms with van der Waals surface area (Å²) in [6, 6.07) is 12.1.